The van der Waals surface area contributed by atoms with Crippen LogP contribution in [-0.2, 0) is 14.3 Å². The first-order valence-corrected chi connectivity index (χ1v) is 3.80. The highest BCUT2D eigenvalue weighted by Gasteiger charge is 2.24. The summed E-state index contributed by atoms with van der Waals surface area (Å²) >= 11 is 0. The number of hydrogen-bond donors (Lipinski definition) is 1. The zero-order valence-corrected chi connectivity index (χ0v) is 6.95. The Bertz CT molecular complexity index is 193. The molecule has 68 valence electrons. The maximum atomic E-state index is 11.0. The third-order valence-electron chi connectivity index (χ3n) is 1.52. The maximum Gasteiger partial charge on any atom is 0.333 e. The van der Waals surface area contributed by atoms with Crippen molar-refractivity contribution in [3.8, 4) is 0 Å². The van der Waals surface area contributed by atoms with E-state index >= 15 is 0 Å². The molecule has 12 heavy (non-hydrogen) atoms. The Kier molecular flexibility index (Phi) is 3.25. The van der Waals surface area contributed by atoms with Crippen molar-refractivity contribution in [1.29, 1.82) is 0 Å². The van der Waals surface area contributed by atoms with Gasteiger partial charge in [0, 0.05) is 5.57 Å². The van der Waals surface area contributed by atoms with Crippen molar-refractivity contribution in [3.63, 3.8) is 0 Å². The molecule has 1 fully saturated rings. The molecular formula is C8H12O4. The molecule has 1 saturated heterocycles. The molecule has 4 heteroatoms. The maximum absolute atomic E-state index is 11.0. The summed E-state index contributed by atoms with van der Waals surface area (Å²) in [6.07, 6.45) is 1.51. The Labute approximate surface area is 70.8 Å². The number of carbonyl (C=O) groups excluding carboxylic acids is 1. The molecule has 1 N–H and O–H groups in total. The van der Waals surface area contributed by atoms with Gasteiger partial charge in [-0.15, -0.1) is 0 Å². The Hall–Kier alpha value is -0.870. The molecule has 0 aromatic rings. The minimum absolute atomic E-state index is 0.0934. The molecule has 1 aliphatic heterocycles. The number of ether oxygens (including phenoxy) is 2. The van der Waals surface area contributed by atoms with Crippen LogP contribution >= 0.6 is 0 Å². The number of carbonyl (C=O) groups is 1. The van der Waals surface area contributed by atoms with Crippen molar-refractivity contribution < 1.29 is 19.4 Å². The number of hydrogen-bond acceptors (Lipinski definition) is 4. The fourth-order valence-electron chi connectivity index (χ4n) is 0.667. The van der Waals surface area contributed by atoms with E-state index in [1.54, 1.807) is 6.92 Å². The first kappa shape index (κ1) is 9.22. The topological polar surface area (TPSA) is 59.1 Å². The van der Waals surface area contributed by atoms with Gasteiger partial charge < -0.3 is 14.6 Å². The standard InChI is InChI=1S/C8H12O4/c1-6(2-3-9)8(10)12-5-7-4-11-7/h2,7,9H,3-5H2,1H3. The second-order valence-corrected chi connectivity index (χ2v) is 2.62. The number of epoxide rings is 1. The number of aliphatic hydroxyl groups excluding tert-OH is 1. The van der Waals surface area contributed by atoms with Gasteiger partial charge in [-0.1, -0.05) is 0 Å². The molecule has 1 aliphatic rings. The van der Waals surface area contributed by atoms with E-state index in [0.29, 0.717) is 18.8 Å². The summed E-state index contributed by atoms with van der Waals surface area (Å²) in [5, 5.41) is 8.47. The van der Waals surface area contributed by atoms with E-state index in [9.17, 15) is 4.79 Å². The second-order valence-electron chi connectivity index (χ2n) is 2.62. The van der Waals surface area contributed by atoms with Gasteiger partial charge in [-0.3, -0.25) is 0 Å². The van der Waals surface area contributed by atoms with Gasteiger partial charge in [0.2, 0.25) is 0 Å². The van der Waals surface area contributed by atoms with Gasteiger partial charge in [-0.2, -0.15) is 0 Å². The summed E-state index contributed by atoms with van der Waals surface area (Å²) in [6.45, 7) is 2.46. The molecule has 1 unspecified atom stereocenters. The van der Waals surface area contributed by atoms with E-state index in [2.05, 4.69) is 0 Å². The largest absolute Gasteiger partial charge is 0.459 e. The van der Waals surface area contributed by atoms with Gasteiger partial charge in [-0.25, -0.2) is 4.79 Å². The summed E-state index contributed by atoms with van der Waals surface area (Å²) in [7, 11) is 0. The lowest BCUT2D eigenvalue weighted by Crippen LogP contribution is -2.10. The van der Waals surface area contributed by atoms with Crippen LogP contribution in [0.4, 0.5) is 0 Å². The molecule has 0 aromatic carbocycles. The highest BCUT2D eigenvalue weighted by molar-refractivity contribution is 5.87. The highest BCUT2D eigenvalue weighted by atomic mass is 16.6. The van der Waals surface area contributed by atoms with Crippen LogP contribution < -0.4 is 0 Å². The van der Waals surface area contributed by atoms with E-state index in [-0.39, 0.29) is 18.7 Å². The summed E-state index contributed by atoms with van der Waals surface area (Å²) in [6, 6.07) is 0. The Morgan fingerprint density at radius 3 is 3.00 bits per heavy atom. The van der Waals surface area contributed by atoms with Gasteiger partial charge in [0.25, 0.3) is 0 Å². The van der Waals surface area contributed by atoms with Gasteiger partial charge in [0.05, 0.1) is 13.2 Å². The van der Waals surface area contributed by atoms with Crippen LogP contribution in [-0.4, -0.2) is 37.0 Å². The molecule has 0 aliphatic carbocycles. The zero-order valence-electron chi connectivity index (χ0n) is 6.95. The van der Waals surface area contributed by atoms with E-state index < -0.39 is 0 Å². The minimum atomic E-state index is -0.389. The molecule has 1 atom stereocenters. The van der Waals surface area contributed by atoms with Crippen molar-refractivity contribution in [2.75, 3.05) is 19.8 Å². The number of rotatable bonds is 4. The lowest BCUT2D eigenvalue weighted by molar-refractivity contribution is -0.139. The predicted octanol–water partition coefficient (Wildman–Crippen LogP) is -0.133. The summed E-state index contributed by atoms with van der Waals surface area (Å²) in [5.74, 6) is -0.389. The van der Waals surface area contributed by atoms with Crippen LogP contribution in [0.15, 0.2) is 11.6 Å². The van der Waals surface area contributed by atoms with Crippen LogP contribution in [0, 0.1) is 0 Å². The molecule has 1 rings (SSSR count). The van der Waals surface area contributed by atoms with Crippen LogP contribution in [0.25, 0.3) is 0 Å². The summed E-state index contributed by atoms with van der Waals surface area (Å²) in [4.78, 5) is 11.0. The van der Waals surface area contributed by atoms with Crippen LogP contribution in [0.1, 0.15) is 6.92 Å². The molecule has 1 heterocycles. The molecular weight excluding hydrogens is 160 g/mol. The molecule has 0 saturated carbocycles. The van der Waals surface area contributed by atoms with E-state index in [0.717, 1.165) is 0 Å². The van der Waals surface area contributed by atoms with Crippen molar-refractivity contribution >= 4 is 5.97 Å². The Morgan fingerprint density at radius 1 is 1.83 bits per heavy atom. The van der Waals surface area contributed by atoms with Gasteiger partial charge in [0.15, 0.2) is 0 Å². The Morgan fingerprint density at radius 2 is 2.50 bits per heavy atom. The highest BCUT2D eigenvalue weighted by Crippen LogP contribution is 2.09. The zero-order chi connectivity index (χ0) is 8.97. The summed E-state index contributed by atoms with van der Waals surface area (Å²) < 4.78 is 9.69. The van der Waals surface area contributed by atoms with Gasteiger partial charge in [0.1, 0.15) is 12.7 Å². The van der Waals surface area contributed by atoms with Crippen molar-refractivity contribution in [3.05, 3.63) is 11.6 Å². The smallest absolute Gasteiger partial charge is 0.333 e. The van der Waals surface area contributed by atoms with Crippen molar-refractivity contribution in [1.82, 2.24) is 0 Å². The fraction of sp³-hybridized carbons (Fsp3) is 0.625. The van der Waals surface area contributed by atoms with Crippen LogP contribution in [0.3, 0.4) is 0 Å². The van der Waals surface area contributed by atoms with Crippen LogP contribution in [0.5, 0.6) is 0 Å². The van der Waals surface area contributed by atoms with Crippen molar-refractivity contribution in [2.45, 2.75) is 13.0 Å². The summed E-state index contributed by atoms with van der Waals surface area (Å²) in [5.41, 5.74) is 0.429. The fourth-order valence-corrected chi connectivity index (χ4v) is 0.667. The average molecular weight is 172 g/mol. The molecule has 0 spiro atoms. The van der Waals surface area contributed by atoms with Crippen molar-refractivity contribution in [2.24, 2.45) is 0 Å². The van der Waals surface area contributed by atoms with E-state index in [1.807, 2.05) is 0 Å². The normalized spacial score (nSPS) is 22.2. The molecule has 0 amide bonds. The molecule has 4 nitrogen and oxygen atoms in total. The predicted molar refractivity (Wildman–Crippen MR) is 41.5 cm³/mol. The monoisotopic (exact) mass is 172 g/mol. The first-order valence-electron chi connectivity index (χ1n) is 3.80. The number of esters is 1. The molecule has 0 radical (unpaired) electrons. The third kappa shape index (κ3) is 3.02. The Balaban J connectivity index is 2.21. The SMILES string of the molecule is CC(=CCO)C(=O)OCC1CO1. The van der Waals surface area contributed by atoms with E-state index in [4.69, 9.17) is 14.6 Å². The number of aliphatic hydroxyl groups is 1. The van der Waals surface area contributed by atoms with Gasteiger partial charge in [-0.05, 0) is 13.0 Å². The molecule has 0 bridgehead atoms. The van der Waals surface area contributed by atoms with E-state index in [1.165, 1.54) is 6.08 Å². The third-order valence-corrected chi connectivity index (χ3v) is 1.52. The second kappa shape index (κ2) is 4.23. The lowest BCUT2D eigenvalue weighted by Gasteiger charge is -2.01. The molecule has 0 aromatic heterocycles. The lowest BCUT2D eigenvalue weighted by atomic mass is 10.3. The first-order chi connectivity index (χ1) is 5.74. The average Bonchev–Trinajstić information content (AvgIpc) is 2.83. The van der Waals surface area contributed by atoms with Gasteiger partial charge >= 0.3 is 5.97 Å². The van der Waals surface area contributed by atoms with Crippen LogP contribution in [0.2, 0.25) is 0 Å². The quantitative estimate of drug-likeness (QED) is 0.364. The minimum Gasteiger partial charge on any atom is -0.459 e.